The van der Waals surface area contributed by atoms with E-state index < -0.39 is 5.82 Å². The third-order valence-electron chi connectivity index (χ3n) is 3.80. The van der Waals surface area contributed by atoms with Crippen LogP contribution in [0.1, 0.15) is 43.0 Å². The summed E-state index contributed by atoms with van der Waals surface area (Å²) in [5.74, 6) is -0.392. The number of pyridine rings is 1. The van der Waals surface area contributed by atoms with Crippen molar-refractivity contribution in [2.75, 3.05) is 12.4 Å². The molecule has 1 aliphatic carbocycles. The zero-order valence-electron chi connectivity index (χ0n) is 11.4. The highest BCUT2D eigenvalue weighted by atomic mass is 19.1. The van der Waals surface area contributed by atoms with Crippen LogP contribution in [0.25, 0.3) is 0 Å². The standard InChI is InChI=1S/C14H20FN3O/c1-9-5-3-4-6-11(9)18-14(19)10-7-8-17-13(16-2)12(10)15/h7-9,11H,3-6H2,1-2H3,(H,16,17)(H,18,19). The summed E-state index contributed by atoms with van der Waals surface area (Å²) in [6.07, 6.45) is 5.86. The van der Waals surface area contributed by atoms with Crippen molar-refractivity contribution in [1.29, 1.82) is 0 Å². The second-order valence-corrected chi connectivity index (χ2v) is 5.11. The number of anilines is 1. The topological polar surface area (TPSA) is 54.0 Å². The Kier molecular flexibility index (Phi) is 4.35. The lowest BCUT2D eigenvalue weighted by Crippen LogP contribution is -2.41. The van der Waals surface area contributed by atoms with E-state index in [9.17, 15) is 9.18 Å². The Morgan fingerprint density at radius 3 is 2.84 bits per heavy atom. The molecule has 0 aliphatic heterocycles. The Labute approximate surface area is 112 Å². The maximum atomic E-state index is 14.0. The SMILES string of the molecule is CNc1nccc(C(=O)NC2CCCCC2C)c1F. The van der Waals surface area contributed by atoms with E-state index in [1.165, 1.54) is 18.7 Å². The van der Waals surface area contributed by atoms with Crippen LogP contribution < -0.4 is 10.6 Å². The van der Waals surface area contributed by atoms with Gasteiger partial charge in [0.2, 0.25) is 0 Å². The first kappa shape index (κ1) is 13.8. The number of carbonyl (C=O) groups is 1. The molecule has 1 aromatic heterocycles. The van der Waals surface area contributed by atoms with E-state index in [1.807, 2.05) is 0 Å². The first-order chi connectivity index (χ1) is 9.13. The average Bonchev–Trinajstić information content (AvgIpc) is 2.41. The van der Waals surface area contributed by atoms with Gasteiger partial charge in [-0.25, -0.2) is 9.37 Å². The highest BCUT2D eigenvalue weighted by Crippen LogP contribution is 2.24. The van der Waals surface area contributed by atoms with Crippen LogP contribution in [-0.2, 0) is 0 Å². The van der Waals surface area contributed by atoms with Crippen molar-refractivity contribution in [3.05, 3.63) is 23.6 Å². The van der Waals surface area contributed by atoms with Crippen LogP contribution in [0.2, 0.25) is 0 Å². The molecule has 0 spiro atoms. The van der Waals surface area contributed by atoms with Crippen LogP contribution in [0.3, 0.4) is 0 Å². The van der Waals surface area contributed by atoms with Crippen molar-refractivity contribution in [1.82, 2.24) is 10.3 Å². The fraction of sp³-hybridized carbons (Fsp3) is 0.571. The Balaban J connectivity index is 2.11. The second kappa shape index (κ2) is 5.99. The highest BCUT2D eigenvalue weighted by molar-refractivity contribution is 5.95. The van der Waals surface area contributed by atoms with Gasteiger partial charge in [-0.05, 0) is 24.8 Å². The van der Waals surface area contributed by atoms with Gasteiger partial charge < -0.3 is 10.6 Å². The number of rotatable bonds is 3. The molecule has 2 unspecified atom stereocenters. The zero-order valence-corrected chi connectivity index (χ0v) is 11.4. The molecule has 2 N–H and O–H groups in total. The molecule has 1 aliphatic rings. The third-order valence-corrected chi connectivity index (χ3v) is 3.80. The van der Waals surface area contributed by atoms with Crippen molar-refractivity contribution in [3.63, 3.8) is 0 Å². The summed E-state index contributed by atoms with van der Waals surface area (Å²) in [5.41, 5.74) is 0.0529. The summed E-state index contributed by atoms with van der Waals surface area (Å²) in [6.45, 7) is 2.13. The van der Waals surface area contributed by atoms with Crippen molar-refractivity contribution in [2.45, 2.75) is 38.6 Å². The van der Waals surface area contributed by atoms with Crippen molar-refractivity contribution >= 4 is 11.7 Å². The van der Waals surface area contributed by atoms with Gasteiger partial charge in [-0.15, -0.1) is 0 Å². The largest absolute Gasteiger partial charge is 0.371 e. The second-order valence-electron chi connectivity index (χ2n) is 5.11. The minimum absolute atomic E-state index is 0.0529. The molecular weight excluding hydrogens is 245 g/mol. The Hall–Kier alpha value is -1.65. The number of amides is 1. The minimum Gasteiger partial charge on any atom is -0.371 e. The summed E-state index contributed by atoms with van der Waals surface area (Å²) in [4.78, 5) is 16.0. The maximum absolute atomic E-state index is 14.0. The molecule has 4 nitrogen and oxygen atoms in total. The molecule has 19 heavy (non-hydrogen) atoms. The fourth-order valence-corrected chi connectivity index (χ4v) is 2.57. The van der Waals surface area contributed by atoms with Crippen LogP contribution in [0.4, 0.5) is 10.2 Å². The van der Waals surface area contributed by atoms with Gasteiger partial charge in [-0.1, -0.05) is 19.8 Å². The summed E-state index contributed by atoms with van der Waals surface area (Å²) >= 11 is 0. The normalized spacial score (nSPS) is 22.9. The average molecular weight is 265 g/mol. The van der Waals surface area contributed by atoms with E-state index in [0.717, 1.165) is 19.3 Å². The number of hydrogen-bond acceptors (Lipinski definition) is 3. The molecule has 0 aromatic carbocycles. The summed E-state index contributed by atoms with van der Waals surface area (Å²) in [5, 5.41) is 5.58. The van der Waals surface area contributed by atoms with Gasteiger partial charge in [0.1, 0.15) is 0 Å². The molecule has 104 valence electrons. The molecule has 2 rings (SSSR count). The van der Waals surface area contributed by atoms with E-state index in [0.29, 0.717) is 5.92 Å². The molecule has 0 saturated heterocycles. The first-order valence-electron chi connectivity index (χ1n) is 6.76. The summed E-state index contributed by atoms with van der Waals surface area (Å²) < 4.78 is 14.0. The van der Waals surface area contributed by atoms with Gasteiger partial charge in [0, 0.05) is 19.3 Å². The van der Waals surface area contributed by atoms with Crippen LogP contribution in [-0.4, -0.2) is 24.0 Å². The lowest BCUT2D eigenvalue weighted by Gasteiger charge is -2.29. The molecular formula is C14H20FN3O. The predicted molar refractivity (Wildman–Crippen MR) is 72.6 cm³/mol. The van der Waals surface area contributed by atoms with E-state index in [4.69, 9.17) is 0 Å². The predicted octanol–water partition coefficient (Wildman–Crippen LogP) is 2.57. The number of hydrogen-bond donors (Lipinski definition) is 2. The van der Waals surface area contributed by atoms with Crippen molar-refractivity contribution in [2.24, 2.45) is 5.92 Å². The fourth-order valence-electron chi connectivity index (χ4n) is 2.57. The Morgan fingerprint density at radius 2 is 2.16 bits per heavy atom. The summed E-state index contributed by atoms with van der Waals surface area (Å²) in [6, 6.07) is 1.56. The lowest BCUT2D eigenvalue weighted by atomic mass is 9.86. The van der Waals surface area contributed by atoms with Gasteiger partial charge in [0.25, 0.3) is 5.91 Å². The Bertz CT molecular complexity index is 464. The zero-order chi connectivity index (χ0) is 13.8. The van der Waals surface area contributed by atoms with E-state index in [2.05, 4.69) is 22.5 Å². The van der Waals surface area contributed by atoms with Crippen molar-refractivity contribution < 1.29 is 9.18 Å². The quantitative estimate of drug-likeness (QED) is 0.883. The van der Waals surface area contributed by atoms with Crippen molar-refractivity contribution in [3.8, 4) is 0 Å². The van der Waals surface area contributed by atoms with Gasteiger partial charge in [0.05, 0.1) is 5.56 Å². The van der Waals surface area contributed by atoms with Gasteiger partial charge in [-0.2, -0.15) is 0 Å². The molecule has 1 aromatic rings. The van der Waals surface area contributed by atoms with E-state index in [1.54, 1.807) is 7.05 Å². The molecule has 0 bridgehead atoms. The minimum atomic E-state index is -0.592. The number of carbonyl (C=O) groups excluding carboxylic acids is 1. The number of aromatic nitrogens is 1. The molecule has 1 amide bonds. The van der Waals surface area contributed by atoms with E-state index >= 15 is 0 Å². The monoisotopic (exact) mass is 265 g/mol. The number of nitrogens with zero attached hydrogens (tertiary/aromatic N) is 1. The molecule has 2 atom stereocenters. The van der Waals surface area contributed by atoms with Crippen LogP contribution >= 0.6 is 0 Å². The lowest BCUT2D eigenvalue weighted by molar-refractivity contribution is 0.0906. The van der Waals surface area contributed by atoms with Crippen LogP contribution in [0, 0.1) is 11.7 Å². The van der Waals surface area contributed by atoms with Gasteiger partial charge in [-0.3, -0.25) is 4.79 Å². The Morgan fingerprint density at radius 1 is 1.42 bits per heavy atom. The van der Waals surface area contributed by atoms with Gasteiger partial charge >= 0.3 is 0 Å². The molecule has 5 heteroatoms. The molecule has 1 fully saturated rings. The molecule has 1 heterocycles. The summed E-state index contributed by atoms with van der Waals surface area (Å²) in [7, 11) is 1.58. The number of halogens is 1. The first-order valence-corrected chi connectivity index (χ1v) is 6.76. The smallest absolute Gasteiger partial charge is 0.254 e. The van der Waals surface area contributed by atoms with E-state index in [-0.39, 0.29) is 23.3 Å². The third kappa shape index (κ3) is 3.03. The maximum Gasteiger partial charge on any atom is 0.254 e. The van der Waals surface area contributed by atoms with Gasteiger partial charge in [0.15, 0.2) is 11.6 Å². The molecule has 1 saturated carbocycles. The highest BCUT2D eigenvalue weighted by Gasteiger charge is 2.24. The molecule has 0 radical (unpaired) electrons. The van der Waals surface area contributed by atoms with Crippen LogP contribution in [0.15, 0.2) is 12.3 Å². The number of nitrogens with one attached hydrogen (secondary N) is 2. The van der Waals surface area contributed by atoms with Crippen LogP contribution in [0.5, 0.6) is 0 Å².